The summed E-state index contributed by atoms with van der Waals surface area (Å²) in [6, 6.07) is 5.51. The van der Waals surface area contributed by atoms with E-state index in [0.29, 0.717) is 25.3 Å². The fourth-order valence-electron chi connectivity index (χ4n) is 1.64. The molecule has 1 aromatic rings. The molecule has 1 rings (SSSR count). The van der Waals surface area contributed by atoms with Crippen molar-refractivity contribution in [3.8, 4) is 0 Å². The van der Waals surface area contributed by atoms with Gasteiger partial charge in [-0.15, -0.1) is 0 Å². The second kappa shape index (κ2) is 6.52. The van der Waals surface area contributed by atoms with E-state index >= 15 is 0 Å². The SMILES string of the molecule is CCN(CC(C)(C)CN)C(=O)Nc1ccc(F)cc1. The molecule has 0 spiro atoms. The minimum absolute atomic E-state index is 0.129. The summed E-state index contributed by atoms with van der Waals surface area (Å²) >= 11 is 0. The average molecular weight is 267 g/mol. The van der Waals surface area contributed by atoms with E-state index in [4.69, 9.17) is 5.73 Å². The van der Waals surface area contributed by atoms with E-state index in [2.05, 4.69) is 5.32 Å². The predicted molar refractivity (Wildman–Crippen MR) is 75.5 cm³/mol. The highest BCUT2D eigenvalue weighted by molar-refractivity contribution is 5.89. The molecule has 0 aliphatic rings. The Morgan fingerprint density at radius 2 is 1.95 bits per heavy atom. The van der Waals surface area contributed by atoms with E-state index in [1.807, 2.05) is 20.8 Å². The van der Waals surface area contributed by atoms with Crippen LogP contribution in [0.1, 0.15) is 20.8 Å². The third-order valence-corrected chi connectivity index (χ3v) is 2.94. The van der Waals surface area contributed by atoms with E-state index in [1.165, 1.54) is 24.3 Å². The number of nitrogens with zero attached hydrogens (tertiary/aromatic N) is 1. The third kappa shape index (κ3) is 4.87. The summed E-state index contributed by atoms with van der Waals surface area (Å²) in [7, 11) is 0. The van der Waals surface area contributed by atoms with E-state index in [1.54, 1.807) is 4.90 Å². The molecule has 0 bridgehead atoms. The number of hydrogen-bond acceptors (Lipinski definition) is 2. The molecule has 2 amide bonds. The summed E-state index contributed by atoms with van der Waals surface area (Å²) in [4.78, 5) is 13.8. The zero-order valence-electron chi connectivity index (χ0n) is 11.7. The maximum atomic E-state index is 12.8. The van der Waals surface area contributed by atoms with Gasteiger partial charge in [0.05, 0.1) is 0 Å². The Morgan fingerprint density at radius 3 is 2.42 bits per heavy atom. The van der Waals surface area contributed by atoms with Gasteiger partial charge in [-0.2, -0.15) is 0 Å². The largest absolute Gasteiger partial charge is 0.330 e. The molecule has 3 N–H and O–H groups in total. The number of halogens is 1. The summed E-state index contributed by atoms with van der Waals surface area (Å²) in [6.07, 6.45) is 0. The molecule has 0 aliphatic carbocycles. The molecule has 0 aliphatic heterocycles. The lowest BCUT2D eigenvalue weighted by atomic mass is 9.93. The number of hydrogen-bond donors (Lipinski definition) is 2. The van der Waals surface area contributed by atoms with Crippen LogP contribution in [0.4, 0.5) is 14.9 Å². The molecule has 0 atom stereocenters. The van der Waals surface area contributed by atoms with Gasteiger partial charge in [-0.1, -0.05) is 13.8 Å². The molecule has 0 aromatic heterocycles. The number of rotatable bonds is 5. The molecule has 0 fully saturated rings. The van der Waals surface area contributed by atoms with Crippen molar-refractivity contribution < 1.29 is 9.18 Å². The number of amides is 2. The van der Waals surface area contributed by atoms with Crippen molar-refractivity contribution in [2.45, 2.75) is 20.8 Å². The number of urea groups is 1. The average Bonchev–Trinajstić information content (AvgIpc) is 2.38. The van der Waals surface area contributed by atoms with E-state index in [0.717, 1.165) is 0 Å². The Hall–Kier alpha value is -1.62. The molecule has 1 aromatic carbocycles. The van der Waals surface area contributed by atoms with Gasteiger partial charge in [-0.25, -0.2) is 9.18 Å². The van der Waals surface area contributed by atoms with Crippen LogP contribution >= 0.6 is 0 Å². The van der Waals surface area contributed by atoms with Crippen molar-refractivity contribution in [2.24, 2.45) is 11.1 Å². The predicted octanol–water partition coefficient (Wildman–Crippen LogP) is 2.66. The topological polar surface area (TPSA) is 58.4 Å². The molecule has 4 nitrogen and oxygen atoms in total. The van der Waals surface area contributed by atoms with Crippen LogP contribution in [-0.4, -0.2) is 30.6 Å². The van der Waals surface area contributed by atoms with Crippen molar-refractivity contribution in [3.05, 3.63) is 30.1 Å². The van der Waals surface area contributed by atoms with E-state index in [9.17, 15) is 9.18 Å². The molecule has 0 unspecified atom stereocenters. The van der Waals surface area contributed by atoms with Crippen molar-refractivity contribution in [1.29, 1.82) is 0 Å². The molecule has 106 valence electrons. The molecule has 19 heavy (non-hydrogen) atoms. The first kappa shape index (κ1) is 15.4. The van der Waals surface area contributed by atoms with Crippen LogP contribution in [0.5, 0.6) is 0 Å². The lowest BCUT2D eigenvalue weighted by Crippen LogP contribution is -2.43. The maximum Gasteiger partial charge on any atom is 0.321 e. The van der Waals surface area contributed by atoms with Crippen molar-refractivity contribution in [2.75, 3.05) is 25.0 Å². The molecule has 0 heterocycles. The first-order valence-electron chi connectivity index (χ1n) is 6.39. The van der Waals surface area contributed by atoms with Crippen molar-refractivity contribution in [1.82, 2.24) is 4.90 Å². The Balaban J connectivity index is 2.66. The van der Waals surface area contributed by atoms with E-state index in [-0.39, 0.29) is 17.3 Å². The van der Waals surface area contributed by atoms with Crippen LogP contribution in [0.2, 0.25) is 0 Å². The lowest BCUT2D eigenvalue weighted by Gasteiger charge is -2.31. The number of nitrogens with one attached hydrogen (secondary N) is 1. The summed E-state index contributed by atoms with van der Waals surface area (Å²) in [6.45, 7) is 7.62. The normalized spacial score (nSPS) is 11.2. The second-order valence-corrected chi connectivity index (χ2v) is 5.32. The quantitative estimate of drug-likeness (QED) is 0.861. The summed E-state index contributed by atoms with van der Waals surface area (Å²) in [5.74, 6) is -0.324. The highest BCUT2D eigenvalue weighted by atomic mass is 19.1. The van der Waals surface area contributed by atoms with Gasteiger partial charge < -0.3 is 16.0 Å². The summed E-state index contributed by atoms with van der Waals surface area (Å²) in [5.41, 5.74) is 6.13. The second-order valence-electron chi connectivity index (χ2n) is 5.32. The van der Waals surface area contributed by atoms with Gasteiger partial charge in [0, 0.05) is 18.8 Å². The van der Waals surface area contributed by atoms with Gasteiger partial charge in [0.15, 0.2) is 0 Å². The van der Waals surface area contributed by atoms with Gasteiger partial charge in [0.1, 0.15) is 5.82 Å². The van der Waals surface area contributed by atoms with Crippen molar-refractivity contribution in [3.63, 3.8) is 0 Å². The molecular formula is C14H22FN3O. The summed E-state index contributed by atoms with van der Waals surface area (Å²) in [5, 5.41) is 2.75. The van der Waals surface area contributed by atoms with Crippen LogP contribution < -0.4 is 11.1 Å². The first-order chi connectivity index (χ1) is 8.88. The number of carbonyl (C=O) groups is 1. The van der Waals surface area contributed by atoms with Crippen LogP contribution in [0, 0.1) is 11.2 Å². The maximum absolute atomic E-state index is 12.8. The van der Waals surface area contributed by atoms with Gasteiger partial charge in [-0.05, 0) is 43.1 Å². The Morgan fingerprint density at radius 1 is 1.37 bits per heavy atom. The zero-order chi connectivity index (χ0) is 14.5. The van der Waals surface area contributed by atoms with Crippen LogP contribution in [0.3, 0.4) is 0 Å². The van der Waals surface area contributed by atoms with Crippen molar-refractivity contribution >= 4 is 11.7 Å². The minimum atomic E-state index is -0.324. The molecular weight excluding hydrogens is 245 g/mol. The monoisotopic (exact) mass is 267 g/mol. The third-order valence-electron chi connectivity index (χ3n) is 2.94. The Labute approximate surface area is 113 Å². The number of benzene rings is 1. The van der Waals surface area contributed by atoms with Gasteiger partial charge >= 0.3 is 6.03 Å². The van der Waals surface area contributed by atoms with Crippen LogP contribution in [0.25, 0.3) is 0 Å². The lowest BCUT2D eigenvalue weighted by molar-refractivity contribution is 0.185. The first-order valence-corrected chi connectivity index (χ1v) is 6.39. The van der Waals surface area contributed by atoms with Crippen LogP contribution in [0.15, 0.2) is 24.3 Å². The highest BCUT2D eigenvalue weighted by Crippen LogP contribution is 2.16. The molecule has 0 saturated heterocycles. The number of anilines is 1. The Kier molecular flexibility index (Phi) is 5.30. The van der Waals surface area contributed by atoms with Gasteiger partial charge in [0.25, 0.3) is 0 Å². The number of nitrogens with two attached hydrogens (primary N) is 1. The molecule has 0 saturated carbocycles. The van der Waals surface area contributed by atoms with Crippen LogP contribution in [-0.2, 0) is 0 Å². The van der Waals surface area contributed by atoms with E-state index < -0.39 is 0 Å². The standard InChI is InChI=1S/C14H22FN3O/c1-4-18(10-14(2,3)9-16)13(19)17-12-7-5-11(15)6-8-12/h5-8H,4,9-10,16H2,1-3H3,(H,17,19). The Bertz CT molecular complexity index is 417. The zero-order valence-corrected chi connectivity index (χ0v) is 11.7. The van der Waals surface area contributed by atoms with Gasteiger partial charge in [0.2, 0.25) is 0 Å². The molecule has 5 heteroatoms. The number of carbonyl (C=O) groups excluding carboxylic acids is 1. The molecule has 0 radical (unpaired) electrons. The fraction of sp³-hybridized carbons (Fsp3) is 0.500. The smallest absolute Gasteiger partial charge is 0.321 e. The minimum Gasteiger partial charge on any atom is -0.330 e. The highest BCUT2D eigenvalue weighted by Gasteiger charge is 2.22. The summed E-state index contributed by atoms with van der Waals surface area (Å²) < 4.78 is 12.8. The fourth-order valence-corrected chi connectivity index (χ4v) is 1.64. The van der Waals surface area contributed by atoms with Gasteiger partial charge in [-0.3, -0.25) is 0 Å².